The van der Waals surface area contributed by atoms with E-state index in [1.807, 2.05) is 38.1 Å². The van der Waals surface area contributed by atoms with E-state index in [2.05, 4.69) is 10.3 Å². The zero-order chi connectivity index (χ0) is 19.9. The summed E-state index contributed by atoms with van der Waals surface area (Å²) in [5.41, 5.74) is 1.95. The van der Waals surface area contributed by atoms with E-state index in [0.717, 1.165) is 32.8 Å². The second-order valence-electron chi connectivity index (χ2n) is 6.83. The van der Waals surface area contributed by atoms with E-state index in [1.54, 1.807) is 12.1 Å². The van der Waals surface area contributed by atoms with Gasteiger partial charge in [0.05, 0.1) is 17.6 Å². The predicted molar refractivity (Wildman–Crippen MR) is 111 cm³/mol. The first-order valence-corrected chi connectivity index (χ1v) is 10.3. The number of para-hydroxylation sites is 1. The average molecular weight is 401 g/mol. The summed E-state index contributed by atoms with van der Waals surface area (Å²) in [6.07, 6.45) is 1.28. The molecule has 4 nitrogen and oxygen atoms in total. The summed E-state index contributed by atoms with van der Waals surface area (Å²) in [7, 11) is 0. The third-order valence-corrected chi connectivity index (χ3v) is 5.30. The zero-order valence-electron chi connectivity index (χ0n) is 16.1. The van der Waals surface area contributed by atoms with Gasteiger partial charge in [-0.3, -0.25) is 4.79 Å². The molecule has 0 fully saturated rings. The number of carbonyl (C=O) groups is 1. The molecule has 0 aliphatic carbocycles. The number of H-pyrrole nitrogens is 1. The summed E-state index contributed by atoms with van der Waals surface area (Å²) in [5, 5.41) is 4.91. The second kappa shape index (κ2) is 9.75. The van der Waals surface area contributed by atoms with Gasteiger partial charge in [-0.25, -0.2) is 4.39 Å². The van der Waals surface area contributed by atoms with E-state index in [-0.39, 0.29) is 17.8 Å². The molecule has 0 spiro atoms. The van der Waals surface area contributed by atoms with Crippen LogP contribution in [0, 0.1) is 5.82 Å². The Morgan fingerprint density at radius 3 is 2.68 bits per heavy atom. The monoisotopic (exact) mass is 400 g/mol. The fourth-order valence-electron chi connectivity index (χ4n) is 2.90. The number of hydrogen-bond acceptors (Lipinski definition) is 3. The molecule has 28 heavy (non-hydrogen) atoms. The summed E-state index contributed by atoms with van der Waals surface area (Å²) in [5.74, 6) is -0.280. The van der Waals surface area contributed by atoms with Crippen molar-refractivity contribution in [1.82, 2.24) is 10.3 Å². The van der Waals surface area contributed by atoms with Crippen molar-refractivity contribution in [3.63, 3.8) is 0 Å². The van der Waals surface area contributed by atoms with Gasteiger partial charge < -0.3 is 15.0 Å². The minimum atomic E-state index is -0.262. The molecule has 3 aromatic rings. The number of nitrogens with one attached hydrogen (secondary N) is 2. The summed E-state index contributed by atoms with van der Waals surface area (Å²) in [6, 6.07) is 14.3. The van der Waals surface area contributed by atoms with Crippen LogP contribution in [0.5, 0.6) is 0 Å². The van der Waals surface area contributed by atoms with E-state index in [4.69, 9.17) is 4.74 Å². The largest absolute Gasteiger partial charge is 0.379 e. The van der Waals surface area contributed by atoms with E-state index in [1.165, 1.54) is 23.9 Å². The van der Waals surface area contributed by atoms with Crippen molar-refractivity contribution in [2.45, 2.75) is 42.7 Å². The maximum absolute atomic E-state index is 13.2. The highest BCUT2D eigenvalue weighted by Crippen LogP contribution is 2.34. The second-order valence-corrected chi connectivity index (χ2v) is 7.92. The van der Waals surface area contributed by atoms with Gasteiger partial charge in [-0.2, -0.15) is 0 Å². The third-order valence-electron chi connectivity index (χ3n) is 4.24. The van der Waals surface area contributed by atoms with Crippen LogP contribution in [-0.2, 0) is 16.0 Å². The van der Waals surface area contributed by atoms with Crippen molar-refractivity contribution in [2.24, 2.45) is 0 Å². The lowest BCUT2D eigenvalue weighted by Crippen LogP contribution is -2.27. The molecule has 0 atom stereocenters. The number of ether oxygens (including phenoxy) is 1. The lowest BCUT2D eigenvalue weighted by molar-refractivity contribution is -0.120. The van der Waals surface area contributed by atoms with Crippen molar-refractivity contribution in [3.05, 3.63) is 59.9 Å². The number of carbonyl (C=O) groups excluding carboxylic acids is 1. The number of hydrogen-bond donors (Lipinski definition) is 2. The Balaban J connectivity index is 1.70. The molecular weight excluding hydrogens is 375 g/mol. The fourth-order valence-corrected chi connectivity index (χ4v) is 3.87. The molecular formula is C22H25FN2O2S. The van der Waals surface area contributed by atoms with Crippen molar-refractivity contribution in [3.8, 4) is 0 Å². The molecule has 0 radical (unpaired) electrons. The molecule has 0 saturated carbocycles. The maximum atomic E-state index is 13.2. The van der Waals surface area contributed by atoms with Crippen LogP contribution in [0.2, 0.25) is 0 Å². The van der Waals surface area contributed by atoms with E-state index in [0.29, 0.717) is 19.6 Å². The van der Waals surface area contributed by atoms with Gasteiger partial charge in [-0.15, -0.1) is 0 Å². The van der Waals surface area contributed by atoms with Gasteiger partial charge in [0, 0.05) is 34.5 Å². The van der Waals surface area contributed by atoms with Gasteiger partial charge in [-0.1, -0.05) is 30.0 Å². The third kappa shape index (κ3) is 5.59. The highest BCUT2D eigenvalue weighted by Gasteiger charge is 2.16. The van der Waals surface area contributed by atoms with Crippen molar-refractivity contribution in [2.75, 3.05) is 13.2 Å². The number of rotatable bonds is 9. The van der Waals surface area contributed by atoms with Crippen LogP contribution < -0.4 is 5.32 Å². The van der Waals surface area contributed by atoms with Crippen molar-refractivity contribution < 1.29 is 13.9 Å². The molecule has 2 aromatic carbocycles. The van der Waals surface area contributed by atoms with Crippen molar-refractivity contribution in [1.29, 1.82) is 0 Å². The van der Waals surface area contributed by atoms with Gasteiger partial charge >= 0.3 is 0 Å². The van der Waals surface area contributed by atoms with Crippen molar-refractivity contribution >= 4 is 28.6 Å². The molecule has 1 aromatic heterocycles. The SMILES string of the molecule is CC(C)OCCCNC(=O)Cc1c(Sc2ccc(F)cc2)[nH]c2ccccc12. The quantitative estimate of drug-likeness (QED) is 0.501. The Hall–Kier alpha value is -2.31. The number of benzene rings is 2. The highest BCUT2D eigenvalue weighted by molar-refractivity contribution is 7.99. The van der Waals surface area contributed by atoms with Gasteiger partial charge in [0.2, 0.25) is 5.91 Å². The molecule has 3 rings (SSSR count). The number of aromatic amines is 1. The molecule has 2 N–H and O–H groups in total. The first-order valence-electron chi connectivity index (χ1n) is 9.44. The predicted octanol–water partition coefficient (Wildman–Crippen LogP) is 4.93. The molecule has 0 bridgehead atoms. The lowest BCUT2D eigenvalue weighted by Gasteiger charge is -2.09. The van der Waals surface area contributed by atoms with E-state index in [9.17, 15) is 9.18 Å². The fraction of sp³-hybridized carbons (Fsp3) is 0.318. The molecule has 1 amide bonds. The zero-order valence-corrected chi connectivity index (χ0v) is 16.9. The first-order chi connectivity index (χ1) is 13.5. The molecule has 1 heterocycles. The normalized spacial score (nSPS) is 11.3. The highest BCUT2D eigenvalue weighted by atomic mass is 32.2. The van der Waals surface area contributed by atoms with Crippen LogP contribution in [-0.4, -0.2) is 30.1 Å². The standard InChI is InChI=1S/C22H25FN2O2S/c1-15(2)27-13-5-12-24-21(26)14-19-18-6-3-4-7-20(18)25-22(19)28-17-10-8-16(23)9-11-17/h3-4,6-11,15,25H,5,12-14H2,1-2H3,(H,24,26). The first kappa shape index (κ1) is 20.4. The number of aromatic nitrogens is 1. The Kier molecular flexibility index (Phi) is 7.12. The summed E-state index contributed by atoms with van der Waals surface area (Å²) >= 11 is 1.50. The van der Waals surface area contributed by atoms with Crippen LogP contribution in [0.15, 0.2) is 58.5 Å². The lowest BCUT2D eigenvalue weighted by atomic mass is 10.1. The van der Waals surface area contributed by atoms with Crippen LogP contribution in [0.3, 0.4) is 0 Å². The van der Waals surface area contributed by atoms with E-state index < -0.39 is 0 Å². The summed E-state index contributed by atoms with van der Waals surface area (Å²) < 4.78 is 18.7. The average Bonchev–Trinajstić information content (AvgIpc) is 3.00. The Labute approximate surface area is 168 Å². The van der Waals surface area contributed by atoms with Gasteiger partial charge in [-0.05, 0) is 50.6 Å². The minimum Gasteiger partial charge on any atom is -0.379 e. The number of halogens is 1. The topological polar surface area (TPSA) is 54.1 Å². The minimum absolute atomic E-state index is 0.0183. The summed E-state index contributed by atoms with van der Waals surface area (Å²) in [4.78, 5) is 16.8. The maximum Gasteiger partial charge on any atom is 0.224 e. The molecule has 0 saturated heterocycles. The van der Waals surface area contributed by atoms with Gasteiger partial charge in [0.25, 0.3) is 0 Å². The molecule has 0 aliphatic heterocycles. The van der Waals surface area contributed by atoms with Gasteiger partial charge in [0.15, 0.2) is 0 Å². The van der Waals surface area contributed by atoms with E-state index >= 15 is 0 Å². The number of amides is 1. The number of fused-ring (bicyclic) bond motifs is 1. The smallest absolute Gasteiger partial charge is 0.224 e. The molecule has 0 unspecified atom stereocenters. The molecule has 148 valence electrons. The Bertz CT molecular complexity index is 922. The van der Waals surface area contributed by atoms with Crippen LogP contribution in [0.1, 0.15) is 25.8 Å². The van der Waals surface area contributed by atoms with Crippen LogP contribution >= 0.6 is 11.8 Å². The van der Waals surface area contributed by atoms with Gasteiger partial charge in [0.1, 0.15) is 5.82 Å². The Morgan fingerprint density at radius 2 is 1.93 bits per heavy atom. The Morgan fingerprint density at radius 1 is 1.18 bits per heavy atom. The molecule has 6 heteroatoms. The van der Waals surface area contributed by atoms with Crippen LogP contribution in [0.25, 0.3) is 10.9 Å². The summed E-state index contributed by atoms with van der Waals surface area (Å²) in [6.45, 7) is 5.22. The molecule has 0 aliphatic rings. The van der Waals surface area contributed by atoms with Crippen LogP contribution in [0.4, 0.5) is 4.39 Å².